The Hall–Kier alpha value is -2.41. The quantitative estimate of drug-likeness (QED) is 0.586. The molecule has 3 heterocycles. The van der Waals surface area contributed by atoms with Crippen LogP contribution >= 0.6 is 15.9 Å². The number of anilines is 1. The topological polar surface area (TPSA) is 85.4 Å². The number of nitrogens with two attached hydrogens (primary N) is 1. The molecule has 7 heteroatoms. The van der Waals surface area contributed by atoms with Gasteiger partial charge in [0.2, 0.25) is 0 Å². The van der Waals surface area contributed by atoms with Crippen LogP contribution in [0.2, 0.25) is 0 Å². The predicted molar refractivity (Wildman–Crippen MR) is 84.8 cm³/mol. The predicted octanol–water partition coefficient (Wildman–Crippen LogP) is 2.70. The summed E-state index contributed by atoms with van der Waals surface area (Å²) in [4.78, 5) is 15.8. The number of hydrogen-bond acceptors (Lipinski definition) is 4. The van der Waals surface area contributed by atoms with E-state index < -0.39 is 0 Å². The maximum absolute atomic E-state index is 5.82. The molecule has 0 saturated carbocycles. The molecule has 0 aliphatic rings. The number of H-pyrrole nitrogens is 1. The smallest absolute Gasteiger partial charge is 0.165 e. The number of para-hydroxylation sites is 1. The van der Waals surface area contributed by atoms with E-state index in [1.165, 1.54) is 6.33 Å². The van der Waals surface area contributed by atoms with Crippen molar-refractivity contribution in [2.75, 3.05) is 5.73 Å². The number of rotatable bonds is 2. The Balaban J connectivity index is 1.85. The molecule has 104 valence electrons. The maximum Gasteiger partial charge on any atom is 0.165 e. The highest BCUT2D eigenvalue weighted by Gasteiger charge is 2.10. The zero-order chi connectivity index (χ0) is 14.4. The summed E-state index contributed by atoms with van der Waals surface area (Å²) >= 11 is 3.54. The number of benzene rings is 1. The van der Waals surface area contributed by atoms with E-state index in [-0.39, 0.29) is 0 Å². The van der Waals surface area contributed by atoms with Crippen LogP contribution < -0.4 is 5.73 Å². The zero-order valence-electron chi connectivity index (χ0n) is 10.9. The first-order valence-corrected chi connectivity index (χ1v) is 7.19. The monoisotopic (exact) mass is 342 g/mol. The minimum atomic E-state index is 0.402. The Morgan fingerprint density at radius 1 is 1.24 bits per heavy atom. The van der Waals surface area contributed by atoms with Gasteiger partial charge in [0.25, 0.3) is 0 Å². The lowest BCUT2D eigenvalue weighted by Gasteiger charge is -2.06. The van der Waals surface area contributed by atoms with Crippen LogP contribution in [0.3, 0.4) is 0 Å². The number of nitrogen functional groups attached to an aromatic ring is 1. The summed E-state index contributed by atoms with van der Waals surface area (Å²) in [6, 6.07) is 6.20. The van der Waals surface area contributed by atoms with Crippen LogP contribution in [0.25, 0.3) is 22.1 Å². The molecule has 0 aliphatic heterocycles. The largest absolute Gasteiger partial charge is 0.382 e. The van der Waals surface area contributed by atoms with E-state index in [0.717, 1.165) is 26.6 Å². The van der Waals surface area contributed by atoms with Gasteiger partial charge in [-0.2, -0.15) is 0 Å². The van der Waals surface area contributed by atoms with Crippen molar-refractivity contribution in [1.82, 2.24) is 24.5 Å². The van der Waals surface area contributed by atoms with Crippen molar-refractivity contribution in [1.29, 1.82) is 0 Å². The first-order valence-electron chi connectivity index (χ1n) is 6.40. The van der Waals surface area contributed by atoms with Crippen molar-refractivity contribution in [2.24, 2.45) is 0 Å². The fourth-order valence-electron chi connectivity index (χ4n) is 2.51. The Morgan fingerprint density at radius 2 is 2.14 bits per heavy atom. The average molecular weight is 343 g/mol. The summed E-state index contributed by atoms with van der Waals surface area (Å²) in [5, 5.41) is 1.16. The van der Waals surface area contributed by atoms with E-state index in [9.17, 15) is 0 Å². The van der Waals surface area contributed by atoms with Gasteiger partial charge in [-0.25, -0.2) is 15.0 Å². The molecule has 0 unspecified atom stereocenters. The van der Waals surface area contributed by atoms with Crippen molar-refractivity contribution in [3.8, 4) is 0 Å². The van der Waals surface area contributed by atoms with Crippen molar-refractivity contribution in [3.63, 3.8) is 0 Å². The summed E-state index contributed by atoms with van der Waals surface area (Å²) in [6.07, 6.45) is 5.15. The molecule has 3 aromatic heterocycles. The molecule has 6 nitrogen and oxygen atoms in total. The number of imidazole rings is 1. The number of fused-ring (bicyclic) bond motifs is 2. The molecule has 4 aromatic rings. The highest BCUT2D eigenvalue weighted by atomic mass is 79.9. The van der Waals surface area contributed by atoms with E-state index in [2.05, 4.69) is 48.0 Å². The Kier molecular flexibility index (Phi) is 2.68. The minimum absolute atomic E-state index is 0.402. The van der Waals surface area contributed by atoms with Crippen LogP contribution in [0, 0.1) is 0 Å². The SMILES string of the molecule is Nc1ncnc2c1ncn2Cc1cccc2c(Br)c[nH]c12. The van der Waals surface area contributed by atoms with Gasteiger partial charge in [-0.05, 0) is 21.5 Å². The fourth-order valence-corrected chi connectivity index (χ4v) is 2.96. The first kappa shape index (κ1) is 12.3. The van der Waals surface area contributed by atoms with Gasteiger partial charge in [-0.3, -0.25) is 0 Å². The van der Waals surface area contributed by atoms with Crippen LogP contribution in [0.1, 0.15) is 5.56 Å². The Labute approximate surface area is 128 Å². The van der Waals surface area contributed by atoms with Crippen molar-refractivity contribution >= 4 is 43.8 Å². The second-order valence-electron chi connectivity index (χ2n) is 4.78. The molecular formula is C14H11BrN6. The zero-order valence-corrected chi connectivity index (χ0v) is 12.5. The van der Waals surface area contributed by atoms with E-state index in [0.29, 0.717) is 17.9 Å². The third kappa shape index (κ3) is 1.89. The standard InChI is InChI=1S/C14H11BrN6/c15-10-4-17-11-8(2-1-3-9(10)11)5-21-7-20-12-13(16)18-6-19-14(12)21/h1-4,6-7,17H,5H2,(H2,16,18,19). The summed E-state index contributed by atoms with van der Waals surface area (Å²) in [5.74, 6) is 0.402. The summed E-state index contributed by atoms with van der Waals surface area (Å²) < 4.78 is 3.03. The van der Waals surface area contributed by atoms with Gasteiger partial charge >= 0.3 is 0 Å². The molecule has 1 aromatic carbocycles. The lowest BCUT2D eigenvalue weighted by Crippen LogP contribution is -2.01. The number of aromatic amines is 1. The highest BCUT2D eigenvalue weighted by molar-refractivity contribution is 9.10. The van der Waals surface area contributed by atoms with Crippen molar-refractivity contribution in [3.05, 3.63) is 47.1 Å². The van der Waals surface area contributed by atoms with Crippen LogP contribution in [-0.4, -0.2) is 24.5 Å². The lowest BCUT2D eigenvalue weighted by atomic mass is 10.1. The molecule has 3 N–H and O–H groups in total. The molecule has 0 spiro atoms. The number of aromatic nitrogens is 5. The number of nitrogens with one attached hydrogen (secondary N) is 1. The van der Waals surface area contributed by atoms with Gasteiger partial charge in [0.1, 0.15) is 11.8 Å². The van der Waals surface area contributed by atoms with Crippen LogP contribution in [0.15, 0.2) is 41.5 Å². The third-order valence-corrected chi connectivity index (χ3v) is 4.18. The second kappa shape index (κ2) is 4.56. The summed E-state index contributed by atoms with van der Waals surface area (Å²) in [7, 11) is 0. The minimum Gasteiger partial charge on any atom is -0.382 e. The summed E-state index contributed by atoms with van der Waals surface area (Å²) in [6.45, 7) is 0.664. The van der Waals surface area contributed by atoms with Gasteiger partial charge in [0.05, 0.1) is 18.4 Å². The number of hydrogen-bond donors (Lipinski definition) is 2. The maximum atomic E-state index is 5.82. The van der Waals surface area contributed by atoms with E-state index in [1.54, 1.807) is 6.33 Å². The highest BCUT2D eigenvalue weighted by Crippen LogP contribution is 2.27. The normalized spacial score (nSPS) is 11.5. The van der Waals surface area contributed by atoms with Crippen molar-refractivity contribution < 1.29 is 0 Å². The number of nitrogens with zero attached hydrogens (tertiary/aromatic N) is 4. The molecular weight excluding hydrogens is 332 g/mol. The average Bonchev–Trinajstić information content (AvgIpc) is 3.06. The Bertz CT molecular complexity index is 955. The molecule has 0 fully saturated rings. The molecule has 4 rings (SSSR count). The molecule has 0 radical (unpaired) electrons. The van der Waals surface area contributed by atoms with Crippen LogP contribution in [-0.2, 0) is 6.54 Å². The number of halogens is 1. The van der Waals surface area contributed by atoms with Gasteiger partial charge in [-0.15, -0.1) is 0 Å². The third-order valence-electron chi connectivity index (χ3n) is 3.52. The van der Waals surface area contributed by atoms with Gasteiger partial charge in [0, 0.05) is 16.1 Å². The fraction of sp³-hybridized carbons (Fsp3) is 0.0714. The van der Waals surface area contributed by atoms with Gasteiger partial charge < -0.3 is 15.3 Å². The van der Waals surface area contributed by atoms with E-state index in [1.807, 2.05) is 16.8 Å². The van der Waals surface area contributed by atoms with Crippen molar-refractivity contribution in [2.45, 2.75) is 6.54 Å². The lowest BCUT2D eigenvalue weighted by molar-refractivity contribution is 0.817. The van der Waals surface area contributed by atoms with Gasteiger partial charge in [0.15, 0.2) is 11.5 Å². The van der Waals surface area contributed by atoms with Gasteiger partial charge in [-0.1, -0.05) is 18.2 Å². The van der Waals surface area contributed by atoms with Crippen LogP contribution in [0.4, 0.5) is 5.82 Å². The van der Waals surface area contributed by atoms with E-state index >= 15 is 0 Å². The summed E-state index contributed by atoms with van der Waals surface area (Å²) in [5.41, 5.74) is 9.46. The molecule has 0 bridgehead atoms. The molecule has 0 atom stereocenters. The Morgan fingerprint density at radius 3 is 3.05 bits per heavy atom. The molecule has 0 aliphatic carbocycles. The molecule has 0 saturated heterocycles. The first-order chi connectivity index (χ1) is 10.2. The van der Waals surface area contributed by atoms with Crippen LogP contribution in [0.5, 0.6) is 0 Å². The molecule has 0 amide bonds. The second-order valence-corrected chi connectivity index (χ2v) is 5.63. The van der Waals surface area contributed by atoms with E-state index in [4.69, 9.17) is 5.73 Å². The molecule has 21 heavy (non-hydrogen) atoms.